The molecule has 31 heavy (non-hydrogen) atoms. The van der Waals surface area contributed by atoms with E-state index >= 15 is 0 Å². The molecule has 1 saturated heterocycles. The molecule has 0 bridgehead atoms. The van der Waals surface area contributed by atoms with Crippen LogP contribution < -0.4 is 9.47 Å². The fraction of sp³-hybridized carbons (Fsp3) is 0.217. The van der Waals surface area contributed by atoms with Crippen molar-refractivity contribution in [3.05, 3.63) is 70.6 Å². The van der Waals surface area contributed by atoms with Crippen molar-refractivity contribution in [3.63, 3.8) is 0 Å². The summed E-state index contributed by atoms with van der Waals surface area (Å²) in [7, 11) is 3.14. The largest absolute Gasteiger partial charge is 0.493 e. The Balaban J connectivity index is 1.94. The molecule has 1 amide bonds. The average molecular weight is 459 g/mol. The average Bonchev–Trinajstić information content (AvgIpc) is 3.05. The van der Waals surface area contributed by atoms with Crippen LogP contribution in [0.2, 0.25) is 5.02 Å². The maximum atomic E-state index is 13.1. The molecule has 8 heteroatoms. The highest BCUT2D eigenvalue weighted by molar-refractivity contribution is 8.18. The normalized spacial score (nSPS) is 16.2. The van der Waals surface area contributed by atoms with E-state index in [4.69, 9.17) is 25.8 Å². The fourth-order valence-electron chi connectivity index (χ4n) is 2.84. The van der Waals surface area contributed by atoms with Gasteiger partial charge in [0.25, 0.3) is 5.91 Å². The van der Waals surface area contributed by atoms with Gasteiger partial charge in [-0.15, -0.1) is 0 Å². The Morgan fingerprint density at radius 1 is 1.23 bits per heavy atom. The number of halogens is 1. The first-order valence-electron chi connectivity index (χ1n) is 9.52. The number of ether oxygens (including phenoxy) is 3. The van der Waals surface area contributed by atoms with Crippen LogP contribution in [0.25, 0.3) is 6.08 Å². The van der Waals surface area contributed by atoms with Gasteiger partial charge in [-0.3, -0.25) is 9.69 Å². The monoisotopic (exact) mass is 458 g/mol. The molecular weight excluding hydrogens is 436 g/mol. The first-order chi connectivity index (χ1) is 15.1. The molecule has 0 spiro atoms. The summed E-state index contributed by atoms with van der Waals surface area (Å²) in [5, 5.41) is 0.987. The van der Waals surface area contributed by atoms with Crippen molar-refractivity contribution < 1.29 is 19.0 Å². The molecule has 162 valence electrons. The van der Waals surface area contributed by atoms with Crippen molar-refractivity contribution in [1.82, 2.24) is 4.90 Å². The summed E-state index contributed by atoms with van der Waals surface area (Å²) in [4.78, 5) is 19.9. The van der Waals surface area contributed by atoms with E-state index in [-0.39, 0.29) is 5.91 Å². The molecule has 2 aromatic carbocycles. The van der Waals surface area contributed by atoms with Gasteiger partial charge in [-0.2, -0.15) is 0 Å². The number of thioether (sulfide) groups is 1. The SMILES string of the molecule is C=CCOc1c(Cl)cc(C=C2SC(=Nc3ccccc3)N(CCOC)C2=O)cc1OC. The summed E-state index contributed by atoms with van der Waals surface area (Å²) in [5.41, 5.74) is 1.49. The molecule has 1 heterocycles. The summed E-state index contributed by atoms with van der Waals surface area (Å²) in [6.07, 6.45) is 3.40. The van der Waals surface area contributed by atoms with Crippen molar-refractivity contribution in [2.45, 2.75) is 0 Å². The topological polar surface area (TPSA) is 60.4 Å². The number of nitrogens with zero attached hydrogens (tertiary/aromatic N) is 2. The molecule has 0 aromatic heterocycles. The maximum absolute atomic E-state index is 13.1. The molecule has 1 aliphatic heterocycles. The standard InChI is InChI=1S/C23H23ClN2O4S/c1-4-11-30-21-18(24)13-16(14-19(21)29-3)15-20-22(27)26(10-12-28-2)23(31-20)25-17-8-6-5-7-9-17/h4-9,13-15H,1,10-12H2,2-3H3. The summed E-state index contributed by atoms with van der Waals surface area (Å²) in [5.74, 6) is 0.773. The molecule has 6 nitrogen and oxygen atoms in total. The van der Waals surface area contributed by atoms with Gasteiger partial charge in [0.2, 0.25) is 0 Å². The molecule has 3 rings (SSSR count). The highest BCUT2D eigenvalue weighted by Gasteiger charge is 2.33. The van der Waals surface area contributed by atoms with E-state index in [9.17, 15) is 4.79 Å². The summed E-state index contributed by atoms with van der Waals surface area (Å²) < 4.78 is 16.2. The Morgan fingerprint density at radius 3 is 2.68 bits per heavy atom. The summed E-state index contributed by atoms with van der Waals surface area (Å²) in [6, 6.07) is 13.0. The van der Waals surface area contributed by atoms with Crippen molar-refractivity contribution in [1.29, 1.82) is 0 Å². The predicted octanol–water partition coefficient (Wildman–Crippen LogP) is 5.16. The van der Waals surface area contributed by atoms with Crippen LogP contribution in [0.5, 0.6) is 11.5 Å². The number of carbonyl (C=O) groups excluding carboxylic acids is 1. The Morgan fingerprint density at radius 2 is 2.00 bits per heavy atom. The Kier molecular flexibility index (Phi) is 8.17. The van der Waals surface area contributed by atoms with Crippen molar-refractivity contribution in [2.24, 2.45) is 4.99 Å². The van der Waals surface area contributed by atoms with Gasteiger partial charge < -0.3 is 14.2 Å². The third-order valence-electron chi connectivity index (χ3n) is 4.28. The highest BCUT2D eigenvalue weighted by atomic mass is 35.5. The van der Waals surface area contributed by atoms with Crippen LogP contribution in [0.4, 0.5) is 5.69 Å². The molecule has 0 saturated carbocycles. The zero-order chi connectivity index (χ0) is 22.2. The highest BCUT2D eigenvalue weighted by Crippen LogP contribution is 2.39. The van der Waals surface area contributed by atoms with E-state index in [1.807, 2.05) is 30.3 Å². The van der Waals surface area contributed by atoms with Gasteiger partial charge in [0, 0.05) is 7.11 Å². The first-order valence-corrected chi connectivity index (χ1v) is 10.7. The number of amidine groups is 1. The number of carbonyl (C=O) groups is 1. The Labute approximate surface area is 191 Å². The zero-order valence-corrected chi connectivity index (χ0v) is 18.9. The maximum Gasteiger partial charge on any atom is 0.266 e. The minimum absolute atomic E-state index is 0.140. The van der Waals surface area contributed by atoms with Crippen LogP contribution in [0, 0.1) is 0 Å². The number of aliphatic imine (C=N–C) groups is 1. The zero-order valence-electron chi connectivity index (χ0n) is 17.3. The lowest BCUT2D eigenvalue weighted by Gasteiger charge is -2.14. The lowest BCUT2D eigenvalue weighted by Crippen LogP contribution is -2.32. The van der Waals surface area contributed by atoms with Crippen molar-refractivity contribution >= 4 is 46.2 Å². The minimum atomic E-state index is -0.140. The van der Waals surface area contributed by atoms with Crippen LogP contribution >= 0.6 is 23.4 Å². The van der Waals surface area contributed by atoms with Crippen molar-refractivity contribution in [2.75, 3.05) is 34.0 Å². The number of hydrogen-bond donors (Lipinski definition) is 0. The number of rotatable bonds is 9. The quantitative estimate of drug-likeness (QED) is 0.383. The van der Waals surface area contributed by atoms with Crippen LogP contribution in [0.15, 0.2) is 65.0 Å². The molecule has 0 N–H and O–H groups in total. The predicted molar refractivity (Wildman–Crippen MR) is 126 cm³/mol. The third-order valence-corrected chi connectivity index (χ3v) is 5.57. The molecule has 1 fully saturated rings. The summed E-state index contributed by atoms with van der Waals surface area (Å²) >= 11 is 7.70. The van der Waals surface area contributed by atoms with E-state index in [2.05, 4.69) is 11.6 Å². The molecule has 0 atom stereocenters. The molecule has 1 aliphatic rings. The van der Waals surface area contributed by atoms with E-state index in [1.165, 1.54) is 18.9 Å². The van der Waals surface area contributed by atoms with Gasteiger partial charge in [0.1, 0.15) is 6.61 Å². The van der Waals surface area contributed by atoms with E-state index in [0.717, 1.165) is 11.3 Å². The number of para-hydroxylation sites is 1. The van der Waals surface area contributed by atoms with Gasteiger partial charge in [0.05, 0.1) is 35.9 Å². The number of amides is 1. The van der Waals surface area contributed by atoms with E-state index in [1.54, 1.807) is 36.3 Å². The van der Waals surface area contributed by atoms with Crippen LogP contribution in [0.3, 0.4) is 0 Å². The molecule has 0 radical (unpaired) electrons. The molecular formula is C23H23ClN2O4S. The smallest absolute Gasteiger partial charge is 0.266 e. The molecule has 0 aliphatic carbocycles. The first kappa shape index (κ1) is 22.9. The van der Waals surface area contributed by atoms with Gasteiger partial charge in [-0.25, -0.2) is 4.99 Å². The second-order valence-corrected chi connectivity index (χ2v) is 7.84. The van der Waals surface area contributed by atoms with E-state index in [0.29, 0.717) is 46.4 Å². The van der Waals surface area contributed by atoms with Gasteiger partial charge in [-0.1, -0.05) is 42.5 Å². The summed E-state index contributed by atoms with van der Waals surface area (Å²) in [6.45, 7) is 4.75. The minimum Gasteiger partial charge on any atom is -0.493 e. The molecule has 0 unspecified atom stereocenters. The molecule has 2 aromatic rings. The van der Waals surface area contributed by atoms with Crippen LogP contribution in [-0.4, -0.2) is 50.0 Å². The Hall–Kier alpha value is -2.74. The van der Waals surface area contributed by atoms with Gasteiger partial charge >= 0.3 is 0 Å². The number of methoxy groups -OCH3 is 2. The van der Waals surface area contributed by atoms with Crippen LogP contribution in [0.1, 0.15) is 5.56 Å². The van der Waals surface area contributed by atoms with E-state index < -0.39 is 0 Å². The third kappa shape index (κ3) is 5.70. The van der Waals surface area contributed by atoms with Crippen molar-refractivity contribution in [3.8, 4) is 11.5 Å². The van der Waals surface area contributed by atoms with Crippen LogP contribution in [-0.2, 0) is 9.53 Å². The number of benzene rings is 2. The fourth-order valence-corrected chi connectivity index (χ4v) is 4.14. The second-order valence-electron chi connectivity index (χ2n) is 6.42. The van der Waals surface area contributed by atoms with Gasteiger partial charge in [-0.05, 0) is 47.7 Å². The lowest BCUT2D eigenvalue weighted by molar-refractivity contribution is -0.122. The van der Waals surface area contributed by atoms with Gasteiger partial charge in [0.15, 0.2) is 16.7 Å². The lowest BCUT2D eigenvalue weighted by atomic mass is 10.1. The second kappa shape index (κ2) is 11.0. The Bertz CT molecular complexity index is 1010. The number of hydrogen-bond acceptors (Lipinski definition) is 6.